The van der Waals surface area contributed by atoms with Crippen LogP contribution < -0.4 is 14.8 Å². The number of benzene rings is 1. The number of nitrogens with one attached hydrogen (secondary N) is 1. The lowest BCUT2D eigenvalue weighted by Gasteiger charge is -2.26. The molecular weight excluding hydrogens is 306 g/mol. The molecule has 0 aliphatic carbocycles. The number of nitrogens with zero attached hydrogens (tertiary/aromatic N) is 2. The van der Waals surface area contributed by atoms with E-state index < -0.39 is 0 Å². The Labute approximate surface area is 139 Å². The summed E-state index contributed by atoms with van der Waals surface area (Å²) >= 11 is 0. The summed E-state index contributed by atoms with van der Waals surface area (Å²) < 4.78 is 13.4. The first-order valence-corrected chi connectivity index (χ1v) is 7.89. The number of aromatic nitrogens is 2. The molecule has 4 rings (SSSR count). The minimum absolute atomic E-state index is 0.0590. The van der Waals surface area contributed by atoms with Crippen molar-refractivity contribution >= 4 is 11.6 Å². The number of ether oxygens (including phenoxy) is 2. The number of rotatable bonds is 4. The van der Waals surface area contributed by atoms with Gasteiger partial charge in [-0.15, -0.1) is 0 Å². The van der Waals surface area contributed by atoms with Crippen LogP contribution in [0.1, 0.15) is 16.8 Å². The maximum Gasteiger partial charge on any atom is 0.252 e. The first-order chi connectivity index (χ1) is 11.8. The van der Waals surface area contributed by atoms with Gasteiger partial charge in [0, 0.05) is 31.6 Å². The van der Waals surface area contributed by atoms with Gasteiger partial charge in [0.25, 0.3) is 5.91 Å². The molecule has 0 saturated carbocycles. The van der Waals surface area contributed by atoms with E-state index in [0.717, 1.165) is 17.1 Å². The predicted octanol–water partition coefficient (Wildman–Crippen LogP) is 2.29. The van der Waals surface area contributed by atoms with Gasteiger partial charge in [0.2, 0.25) is 0 Å². The zero-order valence-corrected chi connectivity index (χ0v) is 13.0. The quantitative estimate of drug-likeness (QED) is 0.800. The smallest absolute Gasteiger partial charge is 0.252 e. The zero-order valence-electron chi connectivity index (χ0n) is 13.0. The Balaban J connectivity index is 1.32. The van der Waals surface area contributed by atoms with E-state index in [9.17, 15) is 4.79 Å². The normalized spacial score (nSPS) is 16.1. The lowest BCUT2D eigenvalue weighted by atomic mass is 10.2. The molecule has 0 bridgehead atoms. The third-order valence-corrected chi connectivity index (χ3v) is 3.97. The summed E-state index contributed by atoms with van der Waals surface area (Å²) in [7, 11) is 0. The summed E-state index contributed by atoms with van der Waals surface area (Å²) in [5, 5.41) is 2.92. The number of hydrogen-bond acceptors (Lipinski definition) is 4. The van der Waals surface area contributed by atoms with Gasteiger partial charge < -0.3 is 19.2 Å². The van der Waals surface area contributed by atoms with Crippen LogP contribution in [0.15, 0.2) is 55.0 Å². The molecule has 0 fully saturated rings. The van der Waals surface area contributed by atoms with Crippen molar-refractivity contribution in [2.75, 3.05) is 13.2 Å². The highest BCUT2D eigenvalue weighted by molar-refractivity contribution is 5.94. The van der Waals surface area contributed by atoms with Gasteiger partial charge in [-0.05, 0) is 24.3 Å². The molecule has 3 aromatic rings. The number of hydrogen-bond donors (Lipinski definition) is 1. The fourth-order valence-corrected chi connectivity index (χ4v) is 2.71. The van der Waals surface area contributed by atoms with Gasteiger partial charge in [-0.1, -0.05) is 12.1 Å². The second kappa shape index (κ2) is 6.23. The number of amides is 1. The van der Waals surface area contributed by atoms with Crippen LogP contribution >= 0.6 is 0 Å². The molecule has 0 saturated heterocycles. The van der Waals surface area contributed by atoms with E-state index in [2.05, 4.69) is 10.3 Å². The number of para-hydroxylation sites is 2. The van der Waals surface area contributed by atoms with Crippen LogP contribution in [0.2, 0.25) is 0 Å². The zero-order chi connectivity index (χ0) is 16.4. The molecular formula is C18H17N3O3. The average molecular weight is 323 g/mol. The average Bonchev–Trinajstić information content (AvgIpc) is 3.09. The molecule has 3 heterocycles. The van der Waals surface area contributed by atoms with Crippen LogP contribution in [-0.2, 0) is 0 Å². The largest absolute Gasteiger partial charge is 0.486 e. The predicted molar refractivity (Wildman–Crippen MR) is 88.5 cm³/mol. The number of carbonyl (C=O) groups excluding carboxylic acids is 1. The molecule has 1 aliphatic rings. The molecule has 1 amide bonds. The fourth-order valence-electron chi connectivity index (χ4n) is 2.71. The number of fused-ring (bicyclic) bond motifs is 2. The Morgan fingerprint density at radius 3 is 3.04 bits per heavy atom. The summed E-state index contributed by atoms with van der Waals surface area (Å²) in [5.74, 6) is 1.42. The van der Waals surface area contributed by atoms with Gasteiger partial charge in [-0.2, -0.15) is 0 Å². The van der Waals surface area contributed by atoms with E-state index in [4.69, 9.17) is 9.47 Å². The first-order valence-electron chi connectivity index (χ1n) is 7.89. The minimum Gasteiger partial charge on any atom is -0.486 e. The van der Waals surface area contributed by atoms with Gasteiger partial charge in [-0.25, -0.2) is 4.98 Å². The topological polar surface area (TPSA) is 64.9 Å². The maximum absolute atomic E-state index is 12.2. The number of carbonyl (C=O) groups is 1. The Morgan fingerprint density at radius 2 is 2.12 bits per heavy atom. The summed E-state index contributed by atoms with van der Waals surface area (Å²) in [6, 6.07) is 11.2. The Kier molecular flexibility index (Phi) is 3.78. The second-order valence-electron chi connectivity index (χ2n) is 5.65. The van der Waals surface area contributed by atoms with Crippen LogP contribution in [0.5, 0.6) is 11.5 Å². The highest BCUT2D eigenvalue weighted by Gasteiger charge is 2.20. The third kappa shape index (κ3) is 2.90. The van der Waals surface area contributed by atoms with Crippen molar-refractivity contribution < 1.29 is 14.3 Å². The lowest BCUT2D eigenvalue weighted by Crippen LogP contribution is -2.34. The maximum atomic E-state index is 12.2. The monoisotopic (exact) mass is 323 g/mol. The van der Waals surface area contributed by atoms with Crippen LogP contribution in [0, 0.1) is 0 Å². The minimum atomic E-state index is -0.109. The molecule has 1 aromatic carbocycles. The molecule has 6 heteroatoms. The summed E-state index contributed by atoms with van der Waals surface area (Å²) in [6.45, 7) is 1.02. The van der Waals surface area contributed by atoms with Crippen molar-refractivity contribution in [1.82, 2.24) is 14.7 Å². The standard InChI is InChI=1S/C18H17N3O3/c22-18(13-5-6-17-19-9-10-21(17)11-13)20-8-7-14-12-23-15-3-1-2-4-16(15)24-14/h1-6,9-11,14H,7-8,12H2,(H,20,22)/t14-/m1/s1. The molecule has 1 N–H and O–H groups in total. The highest BCUT2D eigenvalue weighted by atomic mass is 16.6. The molecule has 0 radical (unpaired) electrons. The van der Waals surface area contributed by atoms with Crippen molar-refractivity contribution in [2.45, 2.75) is 12.5 Å². The van der Waals surface area contributed by atoms with Crippen molar-refractivity contribution in [1.29, 1.82) is 0 Å². The van der Waals surface area contributed by atoms with E-state index in [1.165, 1.54) is 0 Å². The van der Waals surface area contributed by atoms with Crippen LogP contribution in [-0.4, -0.2) is 34.5 Å². The molecule has 24 heavy (non-hydrogen) atoms. The summed E-state index contributed by atoms with van der Waals surface area (Å²) in [5.41, 5.74) is 1.42. The second-order valence-corrected chi connectivity index (χ2v) is 5.65. The van der Waals surface area contributed by atoms with Crippen molar-refractivity contribution in [3.05, 3.63) is 60.6 Å². The van der Waals surface area contributed by atoms with Gasteiger partial charge in [0.15, 0.2) is 11.5 Å². The van der Waals surface area contributed by atoms with E-state index >= 15 is 0 Å². The fraction of sp³-hybridized carbons (Fsp3) is 0.222. The van der Waals surface area contributed by atoms with Crippen molar-refractivity contribution in [2.24, 2.45) is 0 Å². The summed E-state index contributed by atoms with van der Waals surface area (Å²) in [4.78, 5) is 16.4. The molecule has 1 atom stereocenters. The van der Waals surface area contributed by atoms with Crippen molar-refractivity contribution in [3.8, 4) is 11.5 Å². The van der Waals surface area contributed by atoms with Crippen molar-refractivity contribution in [3.63, 3.8) is 0 Å². The summed E-state index contributed by atoms with van der Waals surface area (Å²) in [6.07, 6.45) is 5.92. The van der Waals surface area contributed by atoms with E-state index in [0.29, 0.717) is 25.1 Å². The molecule has 1 aliphatic heterocycles. The van der Waals surface area contributed by atoms with E-state index in [-0.39, 0.29) is 12.0 Å². The van der Waals surface area contributed by atoms with E-state index in [1.807, 2.05) is 40.9 Å². The first kappa shape index (κ1) is 14.6. The molecule has 122 valence electrons. The highest BCUT2D eigenvalue weighted by Crippen LogP contribution is 2.31. The SMILES string of the molecule is O=C(NCC[C@@H]1COc2ccccc2O1)c1ccc2nccn2c1. The Morgan fingerprint density at radius 1 is 1.25 bits per heavy atom. The number of imidazole rings is 1. The molecule has 6 nitrogen and oxygen atoms in total. The molecule has 2 aromatic heterocycles. The Hall–Kier alpha value is -3.02. The van der Waals surface area contributed by atoms with Crippen LogP contribution in [0.3, 0.4) is 0 Å². The Bertz CT molecular complexity index is 875. The van der Waals surface area contributed by atoms with E-state index in [1.54, 1.807) is 18.5 Å². The van der Waals surface area contributed by atoms with Gasteiger partial charge in [0.1, 0.15) is 18.4 Å². The van der Waals surface area contributed by atoms with Crippen LogP contribution in [0.25, 0.3) is 5.65 Å². The van der Waals surface area contributed by atoms with Gasteiger partial charge >= 0.3 is 0 Å². The van der Waals surface area contributed by atoms with Crippen LogP contribution in [0.4, 0.5) is 0 Å². The third-order valence-electron chi connectivity index (χ3n) is 3.97. The number of pyridine rings is 1. The molecule has 0 spiro atoms. The van der Waals surface area contributed by atoms with Gasteiger partial charge in [0.05, 0.1) is 5.56 Å². The lowest BCUT2D eigenvalue weighted by molar-refractivity contribution is 0.0812. The molecule has 0 unspecified atom stereocenters. The van der Waals surface area contributed by atoms with Gasteiger partial charge in [-0.3, -0.25) is 4.79 Å².